The first-order valence-corrected chi connectivity index (χ1v) is 25.2. The molecule has 0 spiro atoms. The van der Waals surface area contributed by atoms with Gasteiger partial charge in [-0.2, -0.15) is 0 Å². The van der Waals surface area contributed by atoms with Crippen LogP contribution in [0.3, 0.4) is 0 Å². The fraction of sp³-hybridized carbons (Fsp3) is 0.604. The number of rotatable bonds is 12. The van der Waals surface area contributed by atoms with Crippen LogP contribution >= 0.6 is 15.9 Å². The van der Waals surface area contributed by atoms with Crippen molar-refractivity contribution in [2.45, 2.75) is 177 Å². The predicted octanol–water partition coefficient (Wildman–Crippen LogP) is 8.76. The number of ether oxygens (including phenoxy) is 7. The quantitative estimate of drug-likeness (QED) is 0.104. The summed E-state index contributed by atoms with van der Waals surface area (Å²) in [6.45, 7) is 12.2. The summed E-state index contributed by atoms with van der Waals surface area (Å²) in [5.41, 5.74) is 3.86. The number of hydrogen-bond donors (Lipinski definition) is 3. The van der Waals surface area contributed by atoms with Crippen molar-refractivity contribution in [2.24, 2.45) is 11.8 Å². The Bertz CT molecular complexity index is 2210. The second-order valence-corrected chi connectivity index (χ2v) is 20.0. The number of aromatic nitrogens is 2. The van der Waals surface area contributed by atoms with Crippen molar-refractivity contribution in [3.63, 3.8) is 0 Å². The highest BCUT2D eigenvalue weighted by Gasteiger charge is 2.45. The molecule has 16 heteroatoms. The molecule has 4 fully saturated rings. The number of methoxy groups -OCH3 is 2. The number of halogens is 1. The first-order chi connectivity index (χ1) is 33.1. The molecule has 0 aliphatic carbocycles. The third kappa shape index (κ3) is 14.6. The van der Waals surface area contributed by atoms with Crippen LogP contribution in [0.5, 0.6) is 0 Å². The monoisotopic (exact) mass is 1020 g/mol. The molecule has 69 heavy (non-hydrogen) atoms. The molecule has 4 saturated heterocycles. The van der Waals surface area contributed by atoms with Gasteiger partial charge in [0.15, 0.2) is 11.7 Å². The van der Waals surface area contributed by atoms with Crippen molar-refractivity contribution in [1.82, 2.24) is 9.97 Å². The second kappa shape index (κ2) is 24.5. The third-order valence-corrected chi connectivity index (χ3v) is 14.2. The van der Waals surface area contributed by atoms with Gasteiger partial charge in [0.25, 0.3) is 0 Å². The van der Waals surface area contributed by atoms with Gasteiger partial charge < -0.3 is 57.3 Å². The van der Waals surface area contributed by atoms with Gasteiger partial charge in [0.1, 0.15) is 36.1 Å². The Morgan fingerprint density at radius 1 is 0.986 bits per heavy atom. The van der Waals surface area contributed by atoms with Crippen LogP contribution in [0.4, 0.5) is 0 Å². The molecule has 2 aromatic heterocycles. The maximum absolute atomic E-state index is 13.6. The molecule has 5 aliphatic heterocycles. The minimum atomic E-state index is -1.73. The number of aliphatic hydroxyl groups excluding tert-OH is 2. The van der Waals surface area contributed by atoms with E-state index in [0.29, 0.717) is 75.1 Å². The van der Waals surface area contributed by atoms with Crippen molar-refractivity contribution in [3.8, 4) is 0 Å². The number of carbonyl (C=O) groups excluding carboxylic acids is 1. The molecule has 8 bridgehead atoms. The summed E-state index contributed by atoms with van der Waals surface area (Å²) in [6.07, 6.45) is 19.5. The molecule has 5 aliphatic rings. The minimum Gasteiger partial charge on any atom is -0.458 e. The van der Waals surface area contributed by atoms with Gasteiger partial charge in [0.2, 0.25) is 5.89 Å². The number of oxazole rings is 2. The van der Waals surface area contributed by atoms with Crippen molar-refractivity contribution in [3.05, 3.63) is 107 Å². The smallest absolute Gasteiger partial charge is 0.330 e. The summed E-state index contributed by atoms with van der Waals surface area (Å²) < 4.78 is 55.2. The first-order valence-electron chi connectivity index (χ1n) is 24.3. The minimum absolute atomic E-state index is 0.0830. The Kier molecular flexibility index (Phi) is 18.9. The number of esters is 1. The maximum Gasteiger partial charge on any atom is 0.330 e. The zero-order chi connectivity index (χ0) is 49.2. The van der Waals surface area contributed by atoms with E-state index in [2.05, 4.69) is 22.5 Å². The lowest BCUT2D eigenvalue weighted by Gasteiger charge is -2.44. The largest absolute Gasteiger partial charge is 0.458 e. The lowest BCUT2D eigenvalue weighted by Crippen LogP contribution is -2.51. The summed E-state index contributed by atoms with van der Waals surface area (Å²) in [6, 6.07) is 0. The average Bonchev–Trinajstić information content (AvgIpc) is 3.96. The Balaban J connectivity index is 1.06. The van der Waals surface area contributed by atoms with E-state index in [1.54, 1.807) is 37.6 Å². The van der Waals surface area contributed by atoms with Crippen molar-refractivity contribution >= 4 is 34.1 Å². The summed E-state index contributed by atoms with van der Waals surface area (Å²) in [5, 5.41) is 33.9. The highest BCUT2D eigenvalue weighted by atomic mass is 79.9. The topological polar surface area (TPSA) is 194 Å². The molecule has 15 atom stereocenters. The molecule has 2 aromatic rings. The predicted molar refractivity (Wildman–Crippen MR) is 261 cm³/mol. The standard InChI is InChI=1S/C53H71BrN2O13/c1-31(16-17-38(61-6)12-10-18-54)21-44(58)47-26-42(62-7)27-53(60,69-47)28-49-55-36(29-63-49)22-33(3)51-35(5)52-34(4)45(67-51)13-9-14-48-56-43(30-64-48)46-24-37(57)23-41(66-46)25-40-20-32(2)19-39(65-40)11-8-15-50(59)68-52/h8-10,14-18,21-22,29-30,34-35,37-42,44-47,51-52,57-58,60H,2,11-13,19-20,23-28H2,1,3-7H3/b14-9-,15-8-,17-16+,18-10+,31-21+,33-22+/t34-,35-,37+,38+,39-,40+,41-,42+,44+,45+,46+,47+,51-,52-,53+/m0/s1. The van der Waals surface area contributed by atoms with Gasteiger partial charge in [-0.25, -0.2) is 14.8 Å². The fourth-order valence-electron chi connectivity index (χ4n) is 10.4. The number of allylic oxidation sites excluding steroid dienone is 2. The summed E-state index contributed by atoms with van der Waals surface area (Å²) in [7, 11) is 3.22. The van der Waals surface area contributed by atoms with Crippen molar-refractivity contribution < 1.29 is 62.1 Å². The molecule has 0 aromatic carbocycles. The summed E-state index contributed by atoms with van der Waals surface area (Å²) in [4.78, 5) is 24.8. The summed E-state index contributed by atoms with van der Waals surface area (Å²) >= 11 is 3.28. The number of fused-ring (bicyclic) bond motifs is 9. The van der Waals surface area contributed by atoms with E-state index < -0.39 is 48.4 Å². The fourth-order valence-corrected chi connectivity index (χ4v) is 10.6. The van der Waals surface area contributed by atoms with Crippen LogP contribution in [0, 0.1) is 11.8 Å². The molecule has 3 N–H and O–H groups in total. The lowest BCUT2D eigenvalue weighted by atomic mass is 9.79. The highest BCUT2D eigenvalue weighted by molar-refractivity contribution is 9.11. The van der Waals surface area contributed by atoms with Gasteiger partial charge in [-0.3, -0.25) is 0 Å². The van der Waals surface area contributed by atoms with Gasteiger partial charge in [0.05, 0.1) is 67.5 Å². The lowest BCUT2D eigenvalue weighted by molar-refractivity contribution is -0.286. The van der Waals surface area contributed by atoms with E-state index in [-0.39, 0.29) is 67.2 Å². The van der Waals surface area contributed by atoms with E-state index in [0.717, 1.165) is 16.7 Å². The van der Waals surface area contributed by atoms with Crippen LogP contribution in [-0.2, 0) is 44.4 Å². The van der Waals surface area contributed by atoms with E-state index in [1.165, 1.54) is 12.3 Å². The molecular formula is C53H71BrN2O13. The van der Waals surface area contributed by atoms with E-state index >= 15 is 0 Å². The normalized spacial score (nSPS) is 36.1. The Labute approximate surface area is 414 Å². The zero-order valence-electron chi connectivity index (χ0n) is 40.7. The van der Waals surface area contributed by atoms with Crippen LogP contribution in [0.1, 0.15) is 121 Å². The van der Waals surface area contributed by atoms with Gasteiger partial charge in [-0.1, -0.05) is 84.0 Å². The molecule has 0 unspecified atom stereocenters. The highest BCUT2D eigenvalue weighted by Crippen LogP contribution is 2.40. The Morgan fingerprint density at radius 3 is 2.57 bits per heavy atom. The van der Waals surface area contributed by atoms with Gasteiger partial charge >= 0.3 is 5.97 Å². The second-order valence-electron chi connectivity index (χ2n) is 19.5. The number of hydrogen-bond acceptors (Lipinski definition) is 15. The van der Waals surface area contributed by atoms with Crippen LogP contribution < -0.4 is 0 Å². The van der Waals surface area contributed by atoms with Crippen LogP contribution in [-0.4, -0.2) is 118 Å². The Morgan fingerprint density at radius 2 is 1.78 bits per heavy atom. The zero-order valence-corrected chi connectivity index (χ0v) is 42.3. The van der Waals surface area contributed by atoms with Gasteiger partial charge in [0, 0.05) is 57.8 Å². The van der Waals surface area contributed by atoms with Gasteiger partial charge in [-0.15, -0.1) is 0 Å². The molecule has 0 saturated carbocycles. The Hall–Kier alpha value is -3.81. The molecule has 15 nitrogen and oxygen atoms in total. The maximum atomic E-state index is 13.6. The van der Waals surface area contributed by atoms with E-state index in [1.807, 2.05) is 64.2 Å². The van der Waals surface area contributed by atoms with Gasteiger partial charge in [-0.05, 0) is 75.1 Å². The number of aliphatic hydroxyl groups is 3. The molecule has 0 amide bonds. The van der Waals surface area contributed by atoms with E-state index in [4.69, 9.17) is 52.0 Å². The van der Waals surface area contributed by atoms with E-state index in [9.17, 15) is 20.1 Å². The van der Waals surface area contributed by atoms with Crippen LogP contribution in [0.15, 0.2) is 92.2 Å². The molecular weight excluding hydrogens is 952 g/mol. The molecule has 0 radical (unpaired) electrons. The first kappa shape index (κ1) is 53.0. The van der Waals surface area contributed by atoms with Crippen molar-refractivity contribution in [1.29, 1.82) is 0 Å². The SMILES string of the molecule is C=C1C[C@@H]2C[C@@H]3C[C@@H](O)C[C@@H](O3)c3coc(n3)/C=C\C[C@H]3O[C@@H](/C(C)=C/c4coc(C[C@@]5(O)C[C@H](OC)C[C@H]([C@H](O)/C=C(C)/C=C/[C@@H](C/C=C/Br)OC)O5)n4)[C@H](C)[C@@H](OC(=O)/C=C\C[C@@H](C1)O2)[C@H]3C. The average molecular weight is 1020 g/mol. The molecule has 378 valence electrons. The van der Waals surface area contributed by atoms with Crippen molar-refractivity contribution in [2.75, 3.05) is 14.2 Å². The third-order valence-electron chi connectivity index (χ3n) is 13.9. The summed E-state index contributed by atoms with van der Waals surface area (Å²) in [5.74, 6) is -1.95. The number of carbonyl (C=O) groups is 1. The van der Waals surface area contributed by atoms with Crippen LogP contribution in [0.2, 0.25) is 0 Å². The number of nitrogens with zero attached hydrogens (tertiary/aromatic N) is 2. The molecule has 7 heterocycles. The van der Waals surface area contributed by atoms with Crippen LogP contribution in [0.25, 0.3) is 12.2 Å². The molecule has 7 rings (SSSR count).